The fraction of sp³-hybridized carbons (Fsp3) is 0.250. The van der Waals surface area contributed by atoms with Crippen LogP contribution in [-0.4, -0.2) is 38.4 Å². The molecule has 0 spiro atoms. The molecule has 0 unspecified atom stereocenters. The van der Waals surface area contributed by atoms with Crippen molar-refractivity contribution >= 4 is 5.91 Å². The lowest BCUT2D eigenvalue weighted by molar-refractivity contribution is 0.0706. The van der Waals surface area contributed by atoms with E-state index in [9.17, 15) is 9.18 Å². The van der Waals surface area contributed by atoms with Crippen molar-refractivity contribution in [3.63, 3.8) is 0 Å². The topological polar surface area (TPSA) is 51.0 Å². The minimum atomic E-state index is -0.334. The van der Waals surface area contributed by atoms with E-state index in [1.165, 1.54) is 12.1 Å². The van der Waals surface area contributed by atoms with Gasteiger partial charge < -0.3 is 9.47 Å². The first-order valence-electron chi connectivity index (χ1n) is 8.70. The molecular formula is C20H19FN4O. The molecule has 1 fully saturated rings. The third-order valence-corrected chi connectivity index (χ3v) is 4.78. The molecule has 3 heterocycles. The van der Waals surface area contributed by atoms with Gasteiger partial charge in [-0.2, -0.15) is 0 Å². The lowest BCUT2D eigenvalue weighted by Crippen LogP contribution is -2.39. The van der Waals surface area contributed by atoms with Crippen LogP contribution in [0.15, 0.2) is 61.3 Å². The van der Waals surface area contributed by atoms with Crippen LogP contribution < -0.4 is 0 Å². The van der Waals surface area contributed by atoms with Crippen LogP contribution >= 0.6 is 0 Å². The summed E-state index contributed by atoms with van der Waals surface area (Å²) < 4.78 is 15.0. The molecule has 6 heteroatoms. The minimum absolute atomic E-state index is 0.0525. The maximum Gasteiger partial charge on any atom is 0.253 e. The quantitative estimate of drug-likeness (QED) is 0.727. The van der Waals surface area contributed by atoms with Crippen molar-refractivity contribution in [1.29, 1.82) is 0 Å². The first-order valence-corrected chi connectivity index (χ1v) is 8.70. The highest BCUT2D eigenvalue weighted by molar-refractivity contribution is 5.94. The highest BCUT2D eigenvalue weighted by Gasteiger charge is 2.26. The number of carbonyl (C=O) groups is 1. The Labute approximate surface area is 151 Å². The van der Waals surface area contributed by atoms with Gasteiger partial charge in [-0.25, -0.2) is 9.37 Å². The average molecular weight is 350 g/mol. The number of aromatic nitrogens is 3. The molecule has 1 aliphatic rings. The van der Waals surface area contributed by atoms with E-state index < -0.39 is 0 Å². The van der Waals surface area contributed by atoms with Crippen LogP contribution in [0.25, 0.3) is 5.69 Å². The van der Waals surface area contributed by atoms with Crippen LogP contribution in [-0.2, 0) is 0 Å². The number of likely N-dealkylation sites (tertiary alicyclic amines) is 1. The zero-order valence-corrected chi connectivity index (χ0v) is 14.3. The van der Waals surface area contributed by atoms with Crippen molar-refractivity contribution in [3.8, 4) is 5.69 Å². The molecule has 1 atom stereocenters. The standard InChI is InChI=1S/C20H19FN4O/c21-17-5-3-15(4-6-17)20(26)24-11-1-2-16(12-24)19-13-25(14-23-19)18-7-9-22-10-8-18/h3-10,13-14,16H,1-2,11-12H2/t16-/m0/s1. The first-order chi connectivity index (χ1) is 12.7. The van der Waals surface area contributed by atoms with Crippen LogP contribution in [0.4, 0.5) is 4.39 Å². The Bertz CT molecular complexity index is 892. The molecule has 2 aromatic heterocycles. The number of hydrogen-bond acceptors (Lipinski definition) is 3. The summed E-state index contributed by atoms with van der Waals surface area (Å²) in [7, 11) is 0. The number of carbonyl (C=O) groups excluding carboxylic acids is 1. The summed E-state index contributed by atoms with van der Waals surface area (Å²) in [5.74, 6) is -0.181. The highest BCUT2D eigenvalue weighted by atomic mass is 19.1. The second kappa shape index (κ2) is 7.07. The summed E-state index contributed by atoms with van der Waals surface area (Å²) >= 11 is 0. The number of rotatable bonds is 3. The number of benzene rings is 1. The Morgan fingerprint density at radius 2 is 1.88 bits per heavy atom. The summed E-state index contributed by atoms with van der Waals surface area (Å²) in [4.78, 5) is 23.1. The predicted molar refractivity (Wildman–Crippen MR) is 95.6 cm³/mol. The largest absolute Gasteiger partial charge is 0.338 e. The number of hydrogen-bond donors (Lipinski definition) is 0. The molecule has 5 nitrogen and oxygen atoms in total. The van der Waals surface area contributed by atoms with E-state index in [-0.39, 0.29) is 17.6 Å². The third kappa shape index (κ3) is 3.35. The van der Waals surface area contributed by atoms with Crippen LogP contribution in [0.3, 0.4) is 0 Å². The molecule has 0 saturated carbocycles. The van der Waals surface area contributed by atoms with Gasteiger partial charge in [0.2, 0.25) is 0 Å². The van der Waals surface area contributed by atoms with Crippen molar-refractivity contribution in [2.75, 3.05) is 13.1 Å². The lowest BCUT2D eigenvalue weighted by Gasteiger charge is -2.32. The van der Waals surface area contributed by atoms with Gasteiger partial charge in [-0.3, -0.25) is 9.78 Å². The number of amides is 1. The first kappa shape index (κ1) is 16.4. The molecule has 26 heavy (non-hydrogen) atoms. The molecule has 132 valence electrons. The van der Waals surface area contributed by atoms with E-state index in [0.29, 0.717) is 12.1 Å². The summed E-state index contributed by atoms with van der Waals surface area (Å²) in [6, 6.07) is 9.59. The van der Waals surface area contributed by atoms with E-state index in [0.717, 1.165) is 30.8 Å². The van der Waals surface area contributed by atoms with Crippen LogP contribution in [0.1, 0.15) is 34.8 Å². The molecule has 0 N–H and O–H groups in total. The highest BCUT2D eigenvalue weighted by Crippen LogP contribution is 2.27. The smallest absolute Gasteiger partial charge is 0.253 e. The van der Waals surface area contributed by atoms with Gasteiger partial charge in [-0.1, -0.05) is 0 Å². The summed E-state index contributed by atoms with van der Waals surface area (Å²) in [6.07, 6.45) is 9.25. The Morgan fingerprint density at radius 3 is 2.65 bits per heavy atom. The average Bonchev–Trinajstić information content (AvgIpc) is 3.19. The van der Waals surface area contributed by atoms with Crippen molar-refractivity contribution in [2.24, 2.45) is 0 Å². The SMILES string of the molecule is O=C(c1ccc(F)cc1)N1CCC[C@H](c2cn(-c3ccncc3)cn2)C1. The van der Waals surface area contributed by atoms with Gasteiger partial charge >= 0.3 is 0 Å². The molecular weight excluding hydrogens is 331 g/mol. The normalized spacial score (nSPS) is 17.3. The van der Waals surface area contributed by atoms with Crippen molar-refractivity contribution < 1.29 is 9.18 Å². The molecule has 0 radical (unpaired) electrons. The van der Waals surface area contributed by atoms with E-state index in [1.807, 2.05) is 27.8 Å². The summed E-state index contributed by atoms with van der Waals surface area (Å²) in [5, 5.41) is 0. The Kier molecular flexibility index (Phi) is 4.48. The maximum atomic E-state index is 13.1. The van der Waals surface area contributed by atoms with E-state index >= 15 is 0 Å². The van der Waals surface area contributed by atoms with Gasteiger partial charge in [0, 0.05) is 48.8 Å². The van der Waals surface area contributed by atoms with Gasteiger partial charge in [-0.15, -0.1) is 0 Å². The molecule has 0 bridgehead atoms. The van der Waals surface area contributed by atoms with Crippen LogP contribution in [0.2, 0.25) is 0 Å². The molecule has 1 aliphatic heterocycles. The van der Waals surface area contributed by atoms with Crippen molar-refractivity contribution in [1.82, 2.24) is 19.4 Å². The molecule has 4 rings (SSSR count). The third-order valence-electron chi connectivity index (χ3n) is 4.78. The number of imidazole rings is 1. The number of pyridine rings is 1. The summed E-state index contributed by atoms with van der Waals surface area (Å²) in [6.45, 7) is 1.35. The van der Waals surface area contributed by atoms with Crippen LogP contribution in [0.5, 0.6) is 0 Å². The second-order valence-electron chi connectivity index (χ2n) is 6.51. The van der Waals surface area contributed by atoms with Crippen molar-refractivity contribution in [2.45, 2.75) is 18.8 Å². The van der Waals surface area contributed by atoms with E-state index in [1.54, 1.807) is 30.9 Å². The molecule has 1 amide bonds. The van der Waals surface area contributed by atoms with Crippen molar-refractivity contribution in [3.05, 3.63) is 78.4 Å². The van der Waals surface area contributed by atoms with E-state index in [4.69, 9.17) is 0 Å². The molecule has 1 aromatic carbocycles. The van der Waals surface area contributed by atoms with Gasteiger partial charge in [0.05, 0.1) is 12.0 Å². The van der Waals surface area contributed by atoms with Gasteiger partial charge in [0.1, 0.15) is 5.82 Å². The number of piperidine rings is 1. The van der Waals surface area contributed by atoms with E-state index in [2.05, 4.69) is 9.97 Å². The van der Waals surface area contributed by atoms with Gasteiger partial charge in [0.25, 0.3) is 5.91 Å². The van der Waals surface area contributed by atoms with Gasteiger partial charge in [0.15, 0.2) is 0 Å². The van der Waals surface area contributed by atoms with Gasteiger partial charge in [-0.05, 0) is 49.2 Å². The zero-order chi connectivity index (χ0) is 17.9. The Balaban J connectivity index is 1.49. The number of nitrogens with zero attached hydrogens (tertiary/aromatic N) is 4. The summed E-state index contributed by atoms with van der Waals surface area (Å²) in [5.41, 5.74) is 2.52. The monoisotopic (exact) mass is 350 g/mol. The molecule has 3 aromatic rings. The maximum absolute atomic E-state index is 13.1. The Hall–Kier alpha value is -3.02. The Morgan fingerprint density at radius 1 is 1.12 bits per heavy atom. The molecule has 0 aliphatic carbocycles. The second-order valence-corrected chi connectivity index (χ2v) is 6.51. The van der Waals surface area contributed by atoms with Crippen LogP contribution in [0, 0.1) is 5.82 Å². The molecule has 1 saturated heterocycles. The predicted octanol–water partition coefficient (Wildman–Crippen LogP) is 3.43. The number of halogens is 1. The zero-order valence-electron chi connectivity index (χ0n) is 14.3. The minimum Gasteiger partial charge on any atom is -0.338 e. The lowest BCUT2D eigenvalue weighted by atomic mass is 9.94. The fourth-order valence-corrected chi connectivity index (χ4v) is 3.38. The fourth-order valence-electron chi connectivity index (χ4n) is 3.38.